The lowest BCUT2D eigenvalue weighted by Crippen LogP contribution is -2.09. The first-order valence-corrected chi connectivity index (χ1v) is 11.0. The zero-order valence-corrected chi connectivity index (χ0v) is 19.5. The molecule has 0 aliphatic heterocycles. The van der Waals surface area contributed by atoms with Gasteiger partial charge < -0.3 is 13.9 Å². The molecule has 6 heteroatoms. The summed E-state index contributed by atoms with van der Waals surface area (Å²) in [6.07, 6.45) is 0. The average Bonchev–Trinajstić information content (AvgIpc) is 2.86. The van der Waals surface area contributed by atoms with Crippen LogP contribution in [0.5, 0.6) is 11.5 Å². The number of hydrogen-bond donors (Lipinski definition) is 1. The highest BCUT2D eigenvalue weighted by Gasteiger charge is 2.12. The highest BCUT2D eigenvalue weighted by molar-refractivity contribution is 5.83. The highest BCUT2D eigenvalue weighted by Crippen LogP contribution is 2.33. The Labute approximate surface area is 197 Å². The second-order valence-corrected chi connectivity index (χ2v) is 8.14. The lowest BCUT2D eigenvalue weighted by Gasteiger charge is -2.11. The van der Waals surface area contributed by atoms with Gasteiger partial charge in [0.2, 0.25) is 0 Å². The number of methoxy groups -OCH3 is 2. The van der Waals surface area contributed by atoms with Crippen LogP contribution < -0.4 is 20.3 Å². The molecule has 6 nitrogen and oxygen atoms in total. The van der Waals surface area contributed by atoms with Crippen molar-refractivity contribution in [2.24, 2.45) is 5.10 Å². The summed E-state index contributed by atoms with van der Waals surface area (Å²) in [5, 5.41) is 7.49. The third-order valence-corrected chi connectivity index (χ3v) is 5.73. The Morgan fingerprint density at radius 2 is 1.68 bits per heavy atom. The Morgan fingerprint density at radius 1 is 0.853 bits per heavy atom. The van der Waals surface area contributed by atoms with Gasteiger partial charge in [0.05, 0.1) is 25.1 Å². The van der Waals surface area contributed by atoms with E-state index in [9.17, 15) is 0 Å². The van der Waals surface area contributed by atoms with Crippen molar-refractivity contribution in [2.75, 3.05) is 19.6 Å². The molecular formula is C28H25N3O3. The van der Waals surface area contributed by atoms with E-state index in [2.05, 4.69) is 29.5 Å². The summed E-state index contributed by atoms with van der Waals surface area (Å²) in [6, 6.07) is 23.8. The number of fused-ring (bicyclic) bond motifs is 2. The summed E-state index contributed by atoms with van der Waals surface area (Å²) < 4.78 is 17.2. The summed E-state index contributed by atoms with van der Waals surface area (Å²) in [5.74, 6) is 2.64. The van der Waals surface area contributed by atoms with E-state index in [4.69, 9.17) is 19.0 Å². The van der Waals surface area contributed by atoms with E-state index in [1.165, 1.54) is 0 Å². The minimum Gasteiger partial charge on any atom is -0.493 e. The van der Waals surface area contributed by atoms with E-state index < -0.39 is 0 Å². The van der Waals surface area contributed by atoms with Crippen LogP contribution in [-0.4, -0.2) is 19.2 Å². The van der Waals surface area contributed by atoms with Gasteiger partial charge in [-0.3, -0.25) is 5.43 Å². The minimum absolute atomic E-state index is 0.632. The van der Waals surface area contributed by atoms with Crippen LogP contribution in [0, 0.1) is 13.8 Å². The molecule has 0 bridgehead atoms. The number of nitrogens with one attached hydrogen (secondary N) is 1. The molecular weight excluding hydrogens is 426 g/mol. The first-order valence-electron chi connectivity index (χ1n) is 11.0. The molecule has 0 saturated heterocycles. The Balaban J connectivity index is 1.66. The maximum Gasteiger partial charge on any atom is 0.161 e. The molecule has 0 atom stereocenters. The lowest BCUT2D eigenvalue weighted by molar-refractivity contribution is 0.355. The summed E-state index contributed by atoms with van der Waals surface area (Å²) in [6.45, 7) is 4.11. The molecule has 0 saturated carbocycles. The van der Waals surface area contributed by atoms with Crippen LogP contribution in [0.25, 0.3) is 33.2 Å². The van der Waals surface area contributed by atoms with E-state index >= 15 is 0 Å². The minimum atomic E-state index is 0.632. The Morgan fingerprint density at radius 3 is 2.50 bits per heavy atom. The first kappa shape index (κ1) is 21.5. The van der Waals surface area contributed by atoms with Crippen molar-refractivity contribution in [3.05, 3.63) is 89.3 Å². The number of rotatable bonds is 5. The van der Waals surface area contributed by atoms with Gasteiger partial charge in [-0.25, -0.2) is 4.98 Å². The van der Waals surface area contributed by atoms with Crippen LogP contribution in [0.2, 0.25) is 0 Å². The van der Waals surface area contributed by atoms with Gasteiger partial charge in [-0.15, -0.1) is 0 Å². The molecule has 170 valence electrons. The summed E-state index contributed by atoms with van der Waals surface area (Å²) >= 11 is 0. The van der Waals surface area contributed by atoms with Crippen molar-refractivity contribution >= 4 is 27.7 Å². The zero-order chi connectivity index (χ0) is 23.7. The van der Waals surface area contributed by atoms with Gasteiger partial charge in [0.25, 0.3) is 0 Å². The molecule has 0 unspecified atom stereocenters. The van der Waals surface area contributed by atoms with E-state index in [1.54, 1.807) is 14.2 Å². The van der Waals surface area contributed by atoms with Crippen molar-refractivity contribution in [3.63, 3.8) is 0 Å². The Kier molecular flexibility index (Phi) is 5.64. The number of hydrogen-bond acceptors (Lipinski definition) is 6. The van der Waals surface area contributed by atoms with Gasteiger partial charge in [0.15, 0.2) is 11.5 Å². The Hall–Kier alpha value is -4.32. The number of benzene rings is 3. The van der Waals surface area contributed by atoms with E-state index in [1.807, 2.05) is 67.6 Å². The topological polar surface area (TPSA) is 68.9 Å². The number of anilines is 1. The van der Waals surface area contributed by atoms with Crippen LogP contribution in [0.3, 0.4) is 0 Å². The van der Waals surface area contributed by atoms with Crippen molar-refractivity contribution in [1.29, 1.82) is 0 Å². The predicted molar refractivity (Wildman–Crippen MR) is 135 cm³/mol. The van der Waals surface area contributed by atoms with E-state index in [-0.39, 0.29) is 0 Å². The fraction of sp³-hybridized carbons (Fsp3) is 0.143. The van der Waals surface area contributed by atoms with Gasteiger partial charge in [-0.1, -0.05) is 24.3 Å². The number of ether oxygens (including phenoxy) is 2. The molecule has 0 aliphatic carbocycles. The van der Waals surface area contributed by atoms with Crippen molar-refractivity contribution in [1.82, 2.24) is 4.98 Å². The molecule has 2 aromatic heterocycles. The lowest BCUT2D eigenvalue weighted by atomic mass is 10.1. The number of pyridine rings is 1. The van der Waals surface area contributed by atoms with Gasteiger partial charge in [0.1, 0.15) is 17.2 Å². The first-order chi connectivity index (χ1) is 16.6. The van der Waals surface area contributed by atoms with Crippen LogP contribution in [-0.2, 0) is 0 Å². The third kappa shape index (κ3) is 4.06. The molecule has 34 heavy (non-hydrogen) atoms. The fourth-order valence-electron chi connectivity index (χ4n) is 4.09. The average molecular weight is 452 g/mol. The molecule has 0 spiro atoms. The van der Waals surface area contributed by atoms with Crippen molar-refractivity contribution in [2.45, 2.75) is 13.8 Å². The SMILES string of the molecule is COc1ccc(-c2c/c(=N\Nc3ccc4ccccc4n3)c3cc(C)cc(C)c3o2)cc1OC. The second kappa shape index (κ2) is 8.90. The molecule has 0 amide bonds. The summed E-state index contributed by atoms with van der Waals surface area (Å²) in [5.41, 5.74) is 7.86. The summed E-state index contributed by atoms with van der Waals surface area (Å²) in [4.78, 5) is 4.67. The quantitative estimate of drug-likeness (QED) is 0.322. The number of para-hydroxylation sites is 1. The van der Waals surface area contributed by atoms with E-state index in [0.29, 0.717) is 23.1 Å². The molecule has 5 rings (SSSR count). The monoisotopic (exact) mass is 451 g/mol. The maximum atomic E-state index is 6.36. The van der Waals surface area contributed by atoms with Crippen LogP contribution >= 0.6 is 0 Å². The van der Waals surface area contributed by atoms with Crippen LogP contribution in [0.1, 0.15) is 11.1 Å². The van der Waals surface area contributed by atoms with Crippen molar-refractivity contribution < 1.29 is 13.9 Å². The zero-order valence-electron chi connectivity index (χ0n) is 19.5. The highest BCUT2D eigenvalue weighted by atomic mass is 16.5. The molecule has 0 radical (unpaired) electrons. The second-order valence-electron chi connectivity index (χ2n) is 8.14. The van der Waals surface area contributed by atoms with Gasteiger partial charge in [-0.2, -0.15) is 5.10 Å². The number of aromatic nitrogens is 1. The normalized spacial score (nSPS) is 11.7. The van der Waals surface area contributed by atoms with Crippen LogP contribution in [0.4, 0.5) is 5.82 Å². The van der Waals surface area contributed by atoms with Gasteiger partial charge in [0, 0.05) is 22.4 Å². The largest absolute Gasteiger partial charge is 0.493 e. The standard InChI is InChI=1S/C28H25N3O3/c1-17-13-18(2)28-21(14-17)23(30-31-27-12-10-19-7-5-6-8-22(19)29-27)16-25(34-28)20-9-11-24(32-3)26(15-20)33-4/h5-16H,1-4H3,(H,29,31)/b30-23+. The Bertz CT molecular complexity index is 1590. The van der Waals surface area contributed by atoms with E-state index in [0.717, 1.165) is 43.9 Å². The fourth-order valence-corrected chi connectivity index (χ4v) is 4.09. The van der Waals surface area contributed by atoms with Gasteiger partial charge >= 0.3 is 0 Å². The predicted octanol–water partition coefficient (Wildman–Crippen LogP) is 6.21. The molecule has 5 aromatic rings. The van der Waals surface area contributed by atoms with Gasteiger partial charge in [-0.05, 0) is 67.4 Å². The molecule has 1 N–H and O–H groups in total. The smallest absolute Gasteiger partial charge is 0.161 e. The van der Waals surface area contributed by atoms with Crippen LogP contribution in [0.15, 0.2) is 82.3 Å². The van der Waals surface area contributed by atoms with Crippen molar-refractivity contribution in [3.8, 4) is 22.8 Å². The molecule has 0 aliphatic rings. The third-order valence-electron chi connectivity index (χ3n) is 5.73. The molecule has 0 fully saturated rings. The number of aryl methyl sites for hydroxylation is 2. The molecule has 2 heterocycles. The number of nitrogens with zero attached hydrogens (tertiary/aromatic N) is 2. The maximum absolute atomic E-state index is 6.36. The molecule has 3 aromatic carbocycles. The summed E-state index contributed by atoms with van der Waals surface area (Å²) in [7, 11) is 3.24.